The Morgan fingerprint density at radius 1 is 1.39 bits per heavy atom. The minimum Gasteiger partial charge on any atom is -0.313 e. The van der Waals surface area contributed by atoms with E-state index in [-0.39, 0.29) is 0 Å². The van der Waals surface area contributed by atoms with Gasteiger partial charge in [0, 0.05) is 18.9 Å². The number of imidazole rings is 1. The van der Waals surface area contributed by atoms with Crippen molar-refractivity contribution in [1.29, 1.82) is 0 Å². The SMILES string of the molecule is CCCNCC(=Cc1cn2ccccc2n1)CC. The molecule has 0 aliphatic rings. The Morgan fingerprint density at radius 3 is 3.00 bits per heavy atom. The molecule has 18 heavy (non-hydrogen) atoms. The molecule has 0 aromatic carbocycles. The van der Waals surface area contributed by atoms with E-state index in [4.69, 9.17) is 0 Å². The van der Waals surface area contributed by atoms with Crippen LogP contribution in [0.5, 0.6) is 0 Å². The molecule has 2 rings (SSSR count). The molecular formula is C15H21N3. The topological polar surface area (TPSA) is 29.3 Å². The Morgan fingerprint density at radius 2 is 2.28 bits per heavy atom. The van der Waals surface area contributed by atoms with E-state index < -0.39 is 0 Å². The maximum Gasteiger partial charge on any atom is 0.137 e. The lowest BCUT2D eigenvalue weighted by atomic mass is 10.1. The molecule has 0 saturated carbocycles. The molecule has 0 radical (unpaired) electrons. The fraction of sp³-hybridized carbons (Fsp3) is 0.400. The van der Waals surface area contributed by atoms with Crippen LogP contribution in [0.1, 0.15) is 32.4 Å². The van der Waals surface area contributed by atoms with Crippen molar-refractivity contribution in [2.45, 2.75) is 26.7 Å². The minimum absolute atomic E-state index is 0.957. The number of aromatic nitrogens is 2. The fourth-order valence-electron chi connectivity index (χ4n) is 1.94. The maximum absolute atomic E-state index is 4.59. The second-order valence-electron chi connectivity index (χ2n) is 4.46. The van der Waals surface area contributed by atoms with Crippen LogP contribution in [0, 0.1) is 0 Å². The normalized spacial score (nSPS) is 12.2. The van der Waals surface area contributed by atoms with Crippen LogP contribution in [0.15, 0.2) is 36.2 Å². The van der Waals surface area contributed by atoms with Crippen molar-refractivity contribution in [1.82, 2.24) is 14.7 Å². The Kier molecular flexibility index (Phi) is 4.53. The molecule has 0 aliphatic heterocycles. The number of fused-ring (bicyclic) bond motifs is 1. The van der Waals surface area contributed by atoms with Crippen LogP contribution in [0.4, 0.5) is 0 Å². The average molecular weight is 243 g/mol. The molecule has 3 nitrogen and oxygen atoms in total. The predicted molar refractivity (Wildman–Crippen MR) is 76.6 cm³/mol. The van der Waals surface area contributed by atoms with Crippen molar-refractivity contribution in [3.63, 3.8) is 0 Å². The summed E-state index contributed by atoms with van der Waals surface area (Å²) in [4.78, 5) is 4.59. The molecule has 0 saturated heterocycles. The van der Waals surface area contributed by atoms with Crippen molar-refractivity contribution < 1.29 is 0 Å². The van der Waals surface area contributed by atoms with Gasteiger partial charge in [-0.05, 0) is 37.6 Å². The van der Waals surface area contributed by atoms with E-state index in [1.54, 1.807) is 0 Å². The summed E-state index contributed by atoms with van der Waals surface area (Å²) in [6.07, 6.45) is 8.52. The zero-order valence-electron chi connectivity index (χ0n) is 11.2. The van der Waals surface area contributed by atoms with Crippen molar-refractivity contribution in [2.24, 2.45) is 0 Å². The fourth-order valence-corrected chi connectivity index (χ4v) is 1.94. The first kappa shape index (κ1) is 12.8. The van der Waals surface area contributed by atoms with Gasteiger partial charge in [-0.25, -0.2) is 4.98 Å². The Hall–Kier alpha value is -1.61. The van der Waals surface area contributed by atoms with Crippen LogP contribution in [0.3, 0.4) is 0 Å². The molecule has 0 bridgehead atoms. The number of hydrogen-bond acceptors (Lipinski definition) is 2. The molecular weight excluding hydrogens is 222 g/mol. The second kappa shape index (κ2) is 6.36. The zero-order valence-corrected chi connectivity index (χ0v) is 11.2. The molecule has 0 amide bonds. The van der Waals surface area contributed by atoms with E-state index in [0.717, 1.165) is 30.9 Å². The number of nitrogens with zero attached hydrogens (tertiary/aromatic N) is 2. The van der Waals surface area contributed by atoms with Crippen LogP contribution in [0.2, 0.25) is 0 Å². The summed E-state index contributed by atoms with van der Waals surface area (Å²) in [7, 11) is 0. The van der Waals surface area contributed by atoms with E-state index >= 15 is 0 Å². The summed E-state index contributed by atoms with van der Waals surface area (Å²) in [5, 5.41) is 3.44. The molecule has 0 fully saturated rings. The molecule has 0 aliphatic carbocycles. The first-order valence-corrected chi connectivity index (χ1v) is 6.67. The highest BCUT2D eigenvalue weighted by Crippen LogP contribution is 2.10. The molecule has 3 heteroatoms. The van der Waals surface area contributed by atoms with Crippen LogP contribution < -0.4 is 5.32 Å². The lowest BCUT2D eigenvalue weighted by Crippen LogP contribution is -2.17. The number of nitrogens with one attached hydrogen (secondary N) is 1. The van der Waals surface area contributed by atoms with Gasteiger partial charge in [-0.1, -0.05) is 25.5 Å². The largest absolute Gasteiger partial charge is 0.313 e. The van der Waals surface area contributed by atoms with Gasteiger partial charge in [-0.3, -0.25) is 0 Å². The third-order valence-electron chi connectivity index (χ3n) is 2.97. The molecule has 0 unspecified atom stereocenters. The summed E-state index contributed by atoms with van der Waals surface area (Å²) in [6, 6.07) is 6.06. The van der Waals surface area contributed by atoms with Gasteiger partial charge in [-0.2, -0.15) is 0 Å². The molecule has 2 aromatic heterocycles. The molecule has 1 N–H and O–H groups in total. The average Bonchev–Trinajstić information content (AvgIpc) is 2.80. The van der Waals surface area contributed by atoms with Gasteiger partial charge < -0.3 is 9.72 Å². The Balaban J connectivity index is 2.13. The first-order chi connectivity index (χ1) is 8.83. The third kappa shape index (κ3) is 3.20. The highest BCUT2D eigenvalue weighted by Gasteiger charge is 2.00. The van der Waals surface area contributed by atoms with Crippen LogP contribution in [0.25, 0.3) is 11.7 Å². The van der Waals surface area contributed by atoms with Crippen LogP contribution in [-0.4, -0.2) is 22.5 Å². The predicted octanol–water partition coefficient (Wildman–Crippen LogP) is 3.13. The molecule has 0 atom stereocenters. The van der Waals surface area contributed by atoms with Crippen molar-refractivity contribution in [3.05, 3.63) is 41.9 Å². The molecule has 2 aromatic rings. The van der Waals surface area contributed by atoms with Gasteiger partial charge in [-0.15, -0.1) is 0 Å². The zero-order chi connectivity index (χ0) is 12.8. The van der Waals surface area contributed by atoms with Gasteiger partial charge in [0.25, 0.3) is 0 Å². The van der Waals surface area contributed by atoms with Crippen molar-refractivity contribution in [3.8, 4) is 0 Å². The molecule has 2 heterocycles. The summed E-state index contributed by atoms with van der Waals surface area (Å²) in [5.41, 5.74) is 3.43. The molecule has 96 valence electrons. The summed E-state index contributed by atoms with van der Waals surface area (Å²) in [6.45, 7) is 6.40. The monoisotopic (exact) mass is 243 g/mol. The highest BCUT2D eigenvalue weighted by atomic mass is 15.0. The Labute approximate surface area is 109 Å². The first-order valence-electron chi connectivity index (χ1n) is 6.67. The number of rotatable bonds is 6. The Bertz CT molecular complexity index is 492. The van der Waals surface area contributed by atoms with Gasteiger partial charge in [0.15, 0.2) is 0 Å². The van der Waals surface area contributed by atoms with Crippen molar-refractivity contribution in [2.75, 3.05) is 13.1 Å². The maximum atomic E-state index is 4.59. The third-order valence-corrected chi connectivity index (χ3v) is 2.97. The van der Waals surface area contributed by atoms with Gasteiger partial charge >= 0.3 is 0 Å². The molecule has 0 spiro atoms. The minimum atomic E-state index is 0.957. The standard InChI is InChI=1S/C15H21N3/c1-3-8-16-11-13(4-2)10-14-12-18-9-6-5-7-15(18)17-14/h5-7,9-10,12,16H,3-4,8,11H2,1-2H3. The van der Waals surface area contributed by atoms with Crippen LogP contribution >= 0.6 is 0 Å². The second-order valence-corrected chi connectivity index (χ2v) is 4.46. The quantitative estimate of drug-likeness (QED) is 0.790. The van der Waals surface area contributed by atoms with E-state index in [2.05, 4.69) is 40.8 Å². The van der Waals surface area contributed by atoms with Gasteiger partial charge in [0.1, 0.15) is 5.65 Å². The van der Waals surface area contributed by atoms with E-state index in [0.29, 0.717) is 0 Å². The summed E-state index contributed by atoms with van der Waals surface area (Å²) >= 11 is 0. The summed E-state index contributed by atoms with van der Waals surface area (Å²) in [5.74, 6) is 0. The number of hydrogen-bond donors (Lipinski definition) is 1. The number of pyridine rings is 1. The van der Waals surface area contributed by atoms with Crippen molar-refractivity contribution >= 4 is 11.7 Å². The van der Waals surface area contributed by atoms with Crippen LogP contribution in [-0.2, 0) is 0 Å². The van der Waals surface area contributed by atoms with E-state index in [9.17, 15) is 0 Å². The van der Waals surface area contributed by atoms with Gasteiger partial charge in [0.05, 0.1) is 5.69 Å². The van der Waals surface area contributed by atoms with E-state index in [1.807, 2.05) is 24.4 Å². The lowest BCUT2D eigenvalue weighted by molar-refractivity contribution is 0.705. The summed E-state index contributed by atoms with van der Waals surface area (Å²) < 4.78 is 2.05. The smallest absolute Gasteiger partial charge is 0.137 e. The van der Waals surface area contributed by atoms with Gasteiger partial charge in [0.2, 0.25) is 0 Å². The lowest BCUT2D eigenvalue weighted by Gasteiger charge is -2.05. The van der Waals surface area contributed by atoms with E-state index in [1.165, 1.54) is 12.0 Å². The highest BCUT2D eigenvalue weighted by molar-refractivity contribution is 5.54.